The number of aryl methyl sites for hydroxylation is 1. The van der Waals surface area contributed by atoms with E-state index in [1.807, 2.05) is 49.4 Å². The van der Waals surface area contributed by atoms with Gasteiger partial charge in [-0.1, -0.05) is 24.3 Å². The summed E-state index contributed by atoms with van der Waals surface area (Å²) in [5.74, 6) is 1.87. The summed E-state index contributed by atoms with van der Waals surface area (Å²) in [6.07, 6.45) is -1.06. The van der Waals surface area contributed by atoms with E-state index in [0.29, 0.717) is 18.0 Å². The second-order valence-corrected chi connectivity index (χ2v) is 6.29. The Labute approximate surface area is 151 Å². The number of fused-ring (bicyclic) bond motifs is 2. The van der Waals surface area contributed by atoms with Gasteiger partial charge in [0.1, 0.15) is 11.9 Å². The van der Waals surface area contributed by atoms with Crippen molar-refractivity contribution in [3.63, 3.8) is 0 Å². The molecule has 2 atom stereocenters. The summed E-state index contributed by atoms with van der Waals surface area (Å²) in [7, 11) is 0. The zero-order valence-electron chi connectivity index (χ0n) is 14.8. The number of ether oxygens (including phenoxy) is 2. The van der Waals surface area contributed by atoms with E-state index in [1.165, 1.54) is 0 Å². The number of hydrogen-bond donors (Lipinski definition) is 1. The Morgan fingerprint density at radius 2 is 1.81 bits per heavy atom. The molecule has 0 aliphatic carbocycles. The predicted molar refractivity (Wildman–Crippen MR) is 98.2 cm³/mol. The molecule has 1 aliphatic heterocycles. The average Bonchev–Trinajstić information content (AvgIpc) is 3.03. The molecule has 4 rings (SSSR count). The molecule has 6 heteroatoms. The van der Waals surface area contributed by atoms with Gasteiger partial charge in [-0.05, 0) is 38.1 Å². The first-order valence-electron chi connectivity index (χ1n) is 8.81. The molecular formula is C20H21N3O3. The fourth-order valence-corrected chi connectivity index (χ4v) is 3.29. The van der Waals surface area contributed by atoms with Crippen LogP contribution in [0.3, 0.4) is 0 Å². The van der Waals surface area contributed by atoms with Gasteiger partial charge in [-0.2, -0.15) is 0 Å². The smallest absolute Gasteiger partial charge is 0.265 e. The minimum atomic E-state index is -0.690. The molecule has 3 aromatic rings. The maximum Gasteiger partial charge on any atom is 0.265 e. The molecule has 26 heavy (non-hydrogen) atoms. The molecule has 1 aromatic heterocycles. The van der Waals surface area contributed by atoms with Crippen molar-refractivity contribution in [2.45, 2.75) is 39.1 Å². The summed E-state index contributed by atoms with van der Waals surface area (Å²) >= 11 is 0. The fraction of sp³-hybridized carbons (Fsp3) is 0.300. The molecule has 6 nitrogen and oxygen atoms in total. The first-order valence-corrected chi connectivity index (χ1v) is 8.81. The number of carbonyl (C=O) groups is 1. The highest BCUT2D eigenvalue weighted by molar-refractivity contribution is 5.82. The van der Waals surface area contributed by atoms with Gasteiger partial charge in [-0.25, -0.2) is 4.98 Å². The van der Waals surface area contributed by atoms with Gasteiger partial charge < -0.3 is 19.4 Å². The molecule has 1 amide bonds. The van der Waals surface area contributed by atoms with Crippen molar-refractivity contribution in [3.05, 3.63) is 54.4 Å². The lowest BCUT2D eigenvalue weighted by Gasteiger charge is -2.31. The summed E-state index contributed by atoms with van der Waals surface area (Å²) in [4.78, 5) is 17.3. The monoisotopic (exact) mass is 351 g/mol. The van der Waals surface area contributed by atoms with Gasteiger partial charge in [-0.3, -0.25) is 4.79 Å². The largest absolute Gasteiger partial charge is 0.482 e. The van der Waals surface area contributed by atoms with Crippen molar-refractivity contribution in [2.75, 3.05) is 0 Å². The minimum Gasteiger partial charge on any atom is -0.482 e. The Bertz CT molecular complexity index is 950. The number of aromatic nitrogens is 2. The third kappa shape index (κ3) is 2.87. The lowest BCUT2D eigenvalue weighted by atomic mass is 10.1. The number of imidazole rings is 1. The second-order valence-electron chi connectivity index (χ2n) is 6.29. The molecule has 1 aliphatic rings. The van der Waals surface area contributed by atoms with Crippen LogP contribution in [0.4, 0.5) is 0 Å². The van der Waals surface area contributed by atoms with Crippen LogP contribution < -0.4 is 14.8 Å². The molecular weight excluding hydrogens is 330 g/mol. The van der Waals surface area contributed by atoms with E-state index < -0.39 is 6.10 Å². The highest BCUT2D eigenvalue weighted by atomic mass is 16.6. The van der Waals surface area contributed by atoms with E-state index >= 15 is 0 Å². The number of hydrogen-bond acceptors (Lipinski definition) is 4. The quantitative estimate of drug-likeness (QED) is 0.785. The molecule has 2 heterocycles. The number of nitrogens with one attached hydrogen (secondary N) is 1. The van der Waals surface area contributed by atoms with Crippen molar-refractivity contribution in [1.29, 1.82) is 0 Å². The standard InChI is InChI=1S/C20H21N3O3/c1-3-23-15-9-5-4-8-14(15)22-18(23)12-21-20(24)19-13(2)25-16-10-6-7-11-17(16)26-19/h4-11,13,19H,3,12H2,1-2H3,(H,21,24)/t13-,19-/m1/s1. The molecule has 0 radical (unpaired) electrons. The average molecular weight is 351 g/mol. The lowest BCUT2D eigenvalue weighted by Crippen LogP contribution is -2.49. The van der Waals surface area contributed by atoms with Crippen molar-refractivity contribution >= 4 is 16.9 Å². The van der Waals surface area contributed by atoms with Crippen LogP contribution >= 0.6 is 0 Å². The Balaban J connectivity index is 1.49. The van der Waals surface area contributed by atoms with E-state index in [2.05, 4.69) is 21.8 Å². The highest BCUT2D eigenvalue weighted by Gasteiger charge is 2.34. The van der Waals surface area contributed by atoms with Crippen LogP contribution in [0, 0.1) is 0 Å². The van der Waals surface area contributed by atoms with Gasteiger partial charge in [0.05, 0.1) is 17.6 Å². The summed E-state index contributed by atoms with van der Waals surface area (Å²) in [5.41, 5.74) is 2.00. The molecule has 0 saturated heterocycles. The summed E-state index contributed by atoms with van der Waals surface area (Å²) in [6.45, 7) is 5.03. The number of rotatable bonds is 4. The Kier molecular flexibility index (Phi) is 4.24. The molecule has 0 unspecified atom stereocenters. The van der Waals surface area contributed by atoms with Crippen molar-refractivity contribution in [2.24, 2.45) is 0 Å². The first-order chi connectivity index (χ1) is 12.7. The maximum absolute atomic E-state index is 12.7. The van der Waals surface area contributed by atoms with Gasteiger partial charge in [0.15, 0.2) is 11.5 Å². The molecule has 2 aromatic carbocycles. The van der Waals surface area contributed by atoms with E-state index in [9.17, 15) is 4.79 Å². The minimum absolute atomic E-state index is 0.207. The van der Waals surface area contributed by atoms with Crippen LogP contribution in [0.25, 0.3) is 11.0 Å². The van der Waals surface area contributed by atoms with Crippen LogP contribution in [-0.4, -0.2) is 27.7 Å². The number of amides is 1. The molecule has 0 saturated carbocycles. The summed E-state index contributed by atoms with van der Waals surface area (Å²) < 4.78 is 13.8. The Morgan fingerprint density at radius 3 is 2.58 bits per heavy atom. The normalized spacial score (nSPS) is 18.7. The predicted octanol–water partition coefficient (Wildman–Crippen LogP) is 2.90. The van der Waals surface area contributed by atoms with Crippen LogP contribution in [0.1, 0.15) is 19.7 Å². The molecule has 0 fully saturated rings. The van der Waals surface area contributed by atoms with Gasteiger partial charge >= 0.3 is 0 Å². The number of benzene rings is 2. The topological polar surface area (TPSA) is 65.4 Å². The van der Waals surface area contributed by atoms with Crippen LogP contribution in [0.5, 0.6) is 11.5 Å². The van der Waals surface area contributed by atoms with Crippen molar-refractivity contribution in [1.82, 2.24) is 14.9 Å². The van der Waals surface area contributed by atoms with E-state index in [4.69, 9.17) is 9.47 Å². The third-order valence-corrected chi connectivity index (χ3v) is 4.57. The zero-order valence-corrected chi connectivity index (χ0v) is 14.8. The van der Waals surface area contributed by atoms with Crippen molar-refractivity contribution in [3.8, 4) is 11.5 Å². The number of carbonyl (C=O) groups excluding carboxylic acids is 1. The zero-order chi connectivity index (χ0) is 18.1. The first kappa shape index (κ1) is 16.4. The van der Waals surface area contributed by atoms with E-state index in [0.717, 1.165) is 23.4 Å². The van der Waals surface area contributed by atoms with Gasteiger partial charge in [0.2, 0.25) is 6.10 Å². The Morgan fingerprint density at radius 1 is 1.12 bits per heavy atom. The third-order valence-electron chi connectivity index (χ3n) is 4.57. The maximum atomic E-state index is 12.7. The summed E-state index contributed by atoms with van der Waals surface area (Å²) in [5, 5.41) is 2.94. The highest BCUT2D eigenvalue weighted by Crippen LogP contribution is 2.33. The van der Waals surface area contributed by atoms with Crippen LogP contribution in [-0.2, 0) is 17.9 Å². The number of para-hydroxylation sites is 4. The SMILES string of the molecule is CCn1c(CNC(=O)[C@@H]2Oc3ccccc3O[C@@H]2C)nc2ccccc21. The molecule has 0 bridgehead atoms. The van der Waals surface area contributed by atoms with Gasteiger partial charge in [0.25, 0.3) is 5.91 Å². The molecule has 0 spiro atoms. The van der Waals surface area contributed by atoms with Crippen LogP contribution in [0.15, 0.2) is 48.5 Å². The molecule has 1 N–H and O–H groups in total. The second kappa shape index (κ2) is 6.71. The van der Waals surface area contributed by atoms with Gasteiger partial charge in [-0.15, -0.1) is 0 Å². The van der Waals surface area contributed by atoms with Crippen LogP contribution in [0.2, 0.25) is 0 Å². The lowest BCUT2D eigenvalue weighted by molar-refractivity contribution is -0.133. The number of nitrogens with zero attached hydrogens (tertiary/aromatic N) is 2. The Hall–Kier alpha value is -3.02. The summed E-state index contributed by atoms with van der Waals surface area (Å²) in [6, 6.07) is 15.3. The van der Waals surface area contributed by atoms with E-state index in [-0.39, 0.29) is 12.0 Å². The van der Waals surface area contributed by atoms with Gasteiger partial charge in [0, 0.05) is 6.54 Å². The van der Waals surface area contributed by atoms with Crippen molar-refractivity contribution < 1.29 is 14.3 Å². The van der Waals surface area contributed by atoms with E-state index in [1.54, 1.807) is 6.07 Å². The molecule has 134 valence electrons. The fourth-order valence-electron chi connectivity index (χ4n) is 3.29.